The van der Waals surface area contributed by atoms with Crippen LogP contribution in [-0.2, 0) is 20.7 Å². The molecule has 2 N–H and O–H groups in total. The Morgan fingerprint density at radius 3 is 2.29 bits per heavy atom. The molecule has 8 heteroatoms. The lowest BCUT2D eigenvalue weighted by Gasteiger charge is -2.18. The van der Waals surface area contributed by atoms with Crippen molar-refractivity contribution >= 4 is 52.5 Å². The summed E-state index contributed by atoms with van der Waals surface area (Å²) in [6.07, 6.45) is 0.211. The highest BCUT2D eigenvalue weighted by Gasteiger charge is 2.24. The van der Waals surface area contributed by atoms with E-state index in [0.717, 1.165) is 16.0 Å². The van der Waals surface area contributed by atoms with Crippen LogP contribution in [-0.4, -0.2) is 24.9 Å². The molecule has 2 amide bonds. The van der Waals surface area contributed by atoms with Crippen molar-refractivity contribution in [1.82, 2.24) is 0 Å². The van der Waals surface area contributed by atoms with Crippen molar-refractivity contribution in [2.24, 2.45) is 0 Å². The first-order valence-corrected chi connectivity index (χ1v) is 13.0. The summed E-state index contributed by atoms with van der Waals surface area (Å²) in [6.45, 7) is 0. The molecule has 0 fully saturated rings. The molecule has 0 aliphatic rings. The van der Waals surface area contributed by atoms with Crippen LogP contribution >= 0.6 is 23.4 Å². The number of rotatable bonds is 9. The maximum absolute atomic E-state index is 13.5. The van der Waals surface area contributed by atoms with Gasteiger partial charge in [-0.15, -0.1) is 11.8 Å². The molecule has 1 unspecified atom stereocenters. The van der Waals surface area contributed by atoms with Gasteiger partial charge in [-0.05, 0) is 53.6 Å². The number of esters is 1. The first-order valence-electron chi connectivity index (χ1n) is 11.8. The maximum atomic E-state index is 13.5. The molecule has 0 bridgehead atoms. The van der Waals surface area contributed by atoms with Gasteiger partial charge in [-0.3, -0.25) is 9.59 Å². The monoisotopic (exact) mass is 544 g/mol. The summed E-state index contributed by atoms with van der Waals surface area (Å²) in [5, 5.41) is 5.79. The topological polar surface area (TPSA) is 84.5 Å². The van der Waals surface area contributed by atoms with Gasteiger partial charge in [0.05, 0.1) is 24.8 Å². The van der Waals surface area contributed by atoms with Crippen molar-refractivity contribution in [3.8, 4) is 0 Å². The van der Waals surface area contributed by atoms with Gasteiger partial charge in [0.25, 0.3) is 0 Å². The second-order valence-corrected chi connectivity index (χ2v) is 9.93. The molecule has 0 radical (unpaired) electrons. The maximum Gasteiger partial charge on any atom is 0.339 e. The van der Waals surface area contributed by atoms with Crippen LogP contribution in [0.25, 0.3) is 0 Å². The molecule has 0 spiro atoms. The van der Waals surface area contributed by atoms with E-state index in [-0.39, 0.29) is 23.8 Å². The Labute approximate surface area is 230 Å². The molecular formula is C30H25ClN2O4S. The highest BCUT2D eigenvalue weighted by Crippen LogP contribution is 2.37. The predicted octanol–water partition coefficient (Wildman–Crippen LogP) is 6.78. The standard InChI is InChI=1S/C30H25ClN2O4S/c1-37-30(36)25-12-5-6-13-26(25)33-29(35)28(21-8-3-2-4-9-21)38-24-11-7-10-23(19-24)32-27(34)18-20-14-16-22(31)17-15-20/h2-17,19,28H,18H2,1H3,(H,32,34)(H,33,35). The number of hydrogen-bond donors (Lipinski definition) is 2. The van der Waals surface area contributed by atoms with Crippen LogP contribution in [0.3, 0.4) is 0 Å². The summed E-state index contributed by atoms with van der Waals surface area (Å²) in [5.74, 6) is -0.993. The fraction of sp³-hybridized carbons (Fsp3) is 0.100. The molecule has 4 aromatic rings. The van der Waals surface area contributed by atoms with Crippen molar-refractivity contribution < 1.29 is 19.1 Å². The van der Waals surface area contributed by atoms with Gasteiger partial charge >= 0.3 is 5.97 Å². The minimum atomic E-state index is -0.623. The summed E-state index contributed by atoms with van der Waals surface area (Å²) in [5.41, 5.74) is 2.91. The van der Waals surface area contributed by atoms with E-state index in [2.05, 4.69) is 10.6 Å². The molecule has 4 rings (SSSR count). The Balaban J connectivity index is 1.52. The van der Waals surface area contributed by atoms with Crippen LogP contribution in [0.4, 0.5) is 11.4 Å². The van der Waals surface area contributed by atoms with E-state index < -0.39 is 11.2 Å². The zero-order valence-electron chi connectivity index (χ0n) is 20.5. The van der Waals surface area contributed by atoms with Crippen LogP contribution in [0.5, 0.6) is 0 Å². The van der Waals surface area contributed by atoms with Crippen LogP contribution < -0.4 is 10.6 Å². The van der Waals surface area contributed by atoms with Crippen molar-refractivity contribution in [3.63, 3.8) is 0 Å². The molecule has 192 valence electrons. The van der Waals surface area contributed by atoms with E-state index >= 15 is 0 Å². The Morgan fingerprint density at radius 1 is 0.842 bits per heavy atom. The molecule has 0 saturated heterocycles. The number of hydrogen-bond acceptors (Lipinski definition) is 5. The molecular weight excluding hydrogens is 520 g/mol. The van der Waals surface area contributed by atoms with Gasteiger partial charge in [-0.2, -0.15) is 0 Å². The predicted molar refractivity (Wildman–Crippen MR) is 152 cm³/mol. The number of amides is 2. The number of nitrogens with one attached hydrogen (secondary N) is 2. The zero-order valence-corrected chi connectivity index (χ0v) is 22.1. The third-order valence-electron chi connectivity index (χ3n) is 5.58. The van der Waals surface area contributed by atoms with Crippen LogP contribution in [0.15, 0.2) is 108 Å². The number of thioether (sulfide) groups is 1. The SMILES string of the molecule is COC(=O)c1ccccc1NC(=O)C(Sc1cccc(NC(=O)Cc2ccc(Cl)cc2)c1)c1ccccc1. The molecule has 0 aliphatic carbocycles. The fourth-order valence-corrected chi connectivity index (χ4v) is 4.96. The van der Waals surface area contributed by atoms with E-state index in [1.807, 2.05) is 60.7 Å². The number of carbonyl (C=O) groups is 3. The first kappa shape index (κ1) is 27.0. The second-order valence-electron chi connectivity index (χ2n) is 8.31. The highest BCUT2D eigenvalue weighted by molar-refractivity contribution is 8.00. The second kappa shape index (κ2) is 12.9. The number of anilines is 2. The first-order chi connectivity index (χ1) is 18.4. The van der Waals surface area contributed by atoms with E-state index in [1.54, 1.807) is 42.5 Å². The number of ether oxygens (including phenoxy) is 1. The third-order valence-corrected chi connectivity index (χ3v) is 7.08. The number of halogens is 1. The van der Waals surface area contributed by atoms with Crippen LogP contribution in [0.2, 0.25) is 5.02 Å². The van der Waals surface area contributed by atoms with Gasteiger partial charge in [0.2, 0.25) is 11.8 Å². The lowest BCUT2D eigenvalue weighted by atomic mass is 10.1. The van der Waals surface area contributed by atoms with Crippen molar-refractivity contribution in [2.45, 2.75) is 16.6 Å². The molecule has 1 atom stereocenters. The van der Waals surface area contributed by atoms with Crippen LogP contribution in [0, 0.1) is 0 Å². The number of carbonyl (C=O) groups excluding carboxylic acids is 3. The molecule has 6 nitrogen and oxygen atoms in total. The Morgan fingerprint density at radius 2 is 1.55 bits per heavy atom. The normalized spacial score (nSPS) is 11.3. The molecule has 0 saturated carbocycles. The van der Waals surface area contributed by atoms with Gasteiger partial charge < -0.3 is 15.4 Å². The van der Waals surface area contributed by atoms with Crippen molar-refractivity contribution in [2.75, 3.05) is 17.7 Å². The van der Waals surface area contributed by atoms with E-state index in [4.69, 9.17) is 16.3 Å². The van der Waals surface area contributed by atoms with E-state index in [9.17, 15) is 14.4 Å². The smallest absolute Gasteiger partial charge is 0.339 e. The average Bonchev–Trinajstić information content (AvgIpc) is 2.93. The highest BCUT2D eigenvalue weighted by atomic mass is 35.5. The molecule has 0 aliphatic heterocycles. The lowest BCUT2D eigenvalue weighted by Crippen LogP contribution is -2.21. The van der Waals surface area contributed by atoms with Gasteiger partial charge in [-0.25, -0.2) is 4.79 Å². The van der Waals surface area contributed by atoms with Gasteiger partial charge in [-0.1, -0.05) is 72.3 Å². The zero-order chi connectivity index (χ0) is 26.9. The summed E-state index contributed by atoms with van der Waals surface area (Å²) in [7, 11) is 1.30. The minimum Gasteiger partial charge on any atom is -0.465 e. The summed E-state index contributed by atoms with van der Waals surface area (Å²) in [6, 6.07) is 30.5. The average molecular weight is 545 g/mol. The Bertz CT molecular complexity index is 1430. The van der Waals surface area contributed by atoms with E-state index in [0.29, 0.717) is 16.4 Å². The number of methoxy groups -OCH3 is 1. The van der Waals surface area contributed by atoms with Gasteiger partial charge in [0.15, 0.2) is 0 Å². The fourth-order valence-electron chi connectivity index (χ4n) is 3.76. The van der Waals surface area contributed by atoms with Gasteiger partial charge in [0, 0.05) is 15.6 Å². The summed E-state index contributed by atoms with van der Waals surface area (Å²) < 4.78 is 4.85. The third kappa shape index (κ3) is 7.25. The van der Waals surface area contributed by atoms with Crippen molar-refractivity contribution in [3.05, 3.63) is 125 Å². The Hall–Kier alpha value is -4.07. The molecule has 4 aromatic carbocycles. The quantitative estimate of drug-likeness (QED) is 0.179. The van der Waals surface area contributed by atoms with E-state index in [1.165, 1.54) is 18.9 Å². The van der Waals surface area contributed by atoms with Crippen LogP contribution in [0.1, 0.15) is 26.7 Å². The van der Waals surface area contributed by atoms with Gasteiger partial charge in [0.1, 0.15) is 5.25 Å². The largest absolute Gasteiger partial charge is 0.465 e. The lowest BCUT2D eigenvalue weighted by molar-refractivity contribution is -0.116. The molecule has 0 heterocycles. The number of para-hydroxylation sites is 1. The number of benzene rings is 4. The van der Waals surface area contributed by atoms with Crippen molar-refractivity contribution in [1.29, 1.82) is 0 Å². The molecule has 0 aromatic heterocycles. The Kier molecular flexibility index (Phi) is 9.19. The summed E-state index contributed by atoms with van der Waals surface area (Å²) in [4.78, 5) is 39.1. The minimum absolute atomic E-state index is 0.161. The molecule has 38 heavy (non-hydrogen) atoms. The summed E-state index contributed by atoms with van der Waals surface area (Å²) >= 11 is 7.27.